The number of phenols is 1. The number of hydrogen-bond acceptors (Lipinski definition) is 6. The Morgan fingerprint density at radius 1 is 0.871 bits per heavy atom. The van der Waals surface area contributed by atoms with Gasteiger partial charge in [0.25, 0.3) is 0 Å². The number of ether oxygens (including phenoxy) is 3. The lowest BCUT2D eigenvalue weighted by atomic mass is 9.98. The third-order valence-corrected chi connectivity index (χ3v) is 4.97. The topological polar surface area (TPSA) is 80.2 Å². The van der Waals surface area contributed by atoms with Gasteiger partial charge in [-0.15, -0.1) is 0 Å². The van der Waals surface area contributed by atoms with Crippen molar-refractivity contribution in [2.24, 2.45) is 0 Å². The molecule has 0 spiro atoms. The summed E-state index contributed by atoms with van der Waals surface area (Å²) in [5.41, 5.74) is 2.22. The molecule has 6 nitrogen and oxygen atoms in total. The molecule has 0 saturated heterocycles. The molecular formula is C25H29NO5. The van der Waals surface area contributed by atoms with E-state index in [1.807, 2.05) is 36.4 Å². The lowest BCUT2D eigenvalue weighted by Gasteiger charge is -2.23. The van der Waals surface area contributed by atoms with Crippen LogP contribution in [0.2, 0.25) is 0 Å². The summed E-state index contributed by atoms with van der Waals surface area (Å²) in [7, 11) is 3.23. The first-order valence-electron chi connectivity index (χ1n) is 10.2. The predicted molar refractivity (Wildman–Crippen MR) is 120 cm³/mol. The molecule has 3 rings (SSSR count). The largest absolute Gasteiger partial charge is 0.508 e. The van der Waals surface area contributed by atoms with E-state index < -0.39 is 6.10 Å². The van der Waals surface area contributed by atoms with E-state index in [0.717, 1.165) is 12.0 Å². The van der Waals surface area contributed by atoms with Crippen molar-refractivity contribution < 1.29 is 24.4 Å². The van der Waals surface area contributed by atoms with Gasteiger partial charge in [0.15, 0.2) is 11.5 Å². The minimum Gasteiger partial charge on any atom is -0.508 e. The second kappa shape index (κ2) is 11.2. The first kappa shape index (κ1) is 22.5. The second-order valence-corrected chi connectivity index (χ2v) is 7.22. The molecule has 1 unspecified atom stereocenters. The molecule has 31 heavy (non-hydrogen) atoms. The van der Waals surface area contributed by atoms with Gasteiger partial charge >= 0.3 is 0 Å². The number of aliphatic hydroxyl groups is 1. The minimum atomic E-state index is -0.702. The Morgan fingerprint density at radius 2 is 1.58 bits per heavy atom. The Bertz CT molecular complexity index is 930. The van der Waals surface area contributed by atoms with Crippen LogP contribution >= 0.6 is 0 Å². The number of aromatic hydroxyl groups is 1. The Hall–Kier alpha value is -3.22. The fourth-order valence-corrected chi connectivity index (χ4v) is 3.30. The zero-order valence-electron chi connectivity index (χ0n) is 17.8. The number of benzene rings is 3. The highest BCUT2D eigenvalue weighted by atomic mass is 16.5. The van der Waals surface area contributed by atoms with Crippen LogP contribution in [0.25, 0.3) is 0 Å². The monoisotopic (exact) mass is 423 g/mol. The maximum atomic E-state index is 10.4. The van der Waals surface area contributed by atoms with Crippen LogP contribution < -0.4 is 19.5 Å². The molecule has 0 aromatic heterocycles. The highest BCUT2D eigenvalue weighted by Gasteiger charge is 2.17. The number of methoxy groups -OCH3 is 2. The summed E-state index contributed by atoms with van der Waals surface area (Å²) in [5.74, 6) is 2.11. The smallest absolute Gasteiger partial charge is 0.161 e. The lowest BCUT2D eigenvalue weighted by molar-refractivity contribution is 0.103. The number of aliphatic hydroxyl groups excluding tert-OH is 1. The van der Waals surface area contributed by atoms with Crippen molar-refractivity contribution in [2.75, 3.05) is 27.4 Å². The Morgan fingerprint density at radius 3 is 2.26 bits per heavy atom. The van der Waals surface area contributed by atoms with Crippen LogP contribution in [0.15, 0.2) is 72.8 Å². The quantitative estimate of drug-likeness (QED) is 0.436. The lowest BCUT2D eigenvalue weighted by Crippen LogP contribution is -2.34. The van der Waals surface area contributed by atoms with E-state index in [1.54, 1.807) is 38.5 Å². The summed E-state index contributed by atoms with van der Waals surface area (Å²) in [5, 5.41) is 23.2. The van der Waals surface area contributed by atoms with Gasteiger partial charge < -0.3 is 29.7 Å². The average molecular weight is 424 g/mol. The van der Waals surface area contributed by atoms with Gasteiger partial charge in [0.1, 0.15) is 24.2 Å². The molecule has 0 amide bonds. The summed E-state index contributed by atoms with van der Waals surface area (Å²) < 4.78 is 16.4. The minimum absolute atomic E-state index is 0.0365. The molecular weight excluding hydrogens is 394 g/mol. The van der Waals surface area contributed by atoms with Gasteiger partial charge in [-0.25, -0.2) is 0 Å². The van der Waals surface area contributed by atoms with Gasteiger partial charge in [-0.1, -0.05) is 36.4 Å². The fraction of sp³-hybridized carbons (Fsp3) is 0.280. The molecule has 0 aliphatic heterocycles. The van der Waals surface area contributed by atoms with Crippen LogP contribution in [0.1, 0.15) is 17.2 Å². The summed E-state index contributed by atoms with van der Waals surface area (Å²) in [6.45, 7) is 0.492. The normalized spacial score (nSPS) is 12.7. The number of nitrogens with one attached hydrogen (secondary N) is 1. The number of hydrogen-bond donors (Lipinski definition) is 3. The van der Waals surface area contributed by atoms with Gasteiger partial charge in [0.05, 0.1) is 14.2 Å². The zero-order chi connectivity index (χ0) is 22.1. The molecule has 0 heterocycles. The molecule has 0 saturated carbocycles. The molecule has 6 heteroatoms. The first-order valence-corrected chi connectivity index (χ1v) is 10.2. The molecule has 2 atom stereocenters. The number of phenolic OH excluding ortho intramolecular Hbond substituents is 1. The first-order chi connectivity index (χ1) is 15.1. The van der Waals surface area contributed by atoms with Crippen molar-refractivity contribution >= 4 is 0 Å². The van der Waals surface area contributed by atoms with Crippen molar-refractivity contribution in [3.8, 4) is 23.0 Å². The van der Waals surface area contributed by atoms with Crippen LogP contribution in [0.5, 0.6) is 23.0 Å². The van der Waals surface area contributed by atoms with Gasteiger partial charge in [-0.2, -0.15) is 0 Å². The van der Waals surface area contributed by atoms with Gasteiger partial charge in [0, 0.05) is 12.6 Å². The maximum absolute atomic E-state index is 10.4. The Balaban J connectivity index is 1.67. The number of rotatable bonds is 11. The van der Waals surface area contributed by atoms with Crippen LogP contribution in [0.3, 0.4) is 0 Å². The highest BCUT2D eigenvalue weighted by Crippen LogP contribution is 2.31. The molecule has 0 fully saturated rings. The zero-order valence-corrected chi connectivity index (χ0v) is 17.8. The van der Waals surface area contributed by atoms with Crippen molar-refractivity contribution in [3.63, 3.8) is 0 Å². The van der Waals surface area contributed by atoms with Gasteiger partial charge in [-0.05, 0) is 53.9 Å². The maximum Gasteiger partial charge on any atom is 0.161 e. The van der Waals surface area contributed by atoms with Crippen molar-refractivity contribution in [1.29, 1.82) is 0 Å². The third-order valence-electron chi connectivity index (χ3n) is 4.97. The van der Waals surface area contributed by atoms with E-state index in [2.05, 4.69) is 17.4 Å². The van der Waals surface area contributed by atoms with Crippen LogP contribution in [-0.4, -0.2) is 43.7 Å². The summed E-state index contributed by atoms with van der Waals surface area (Å²) in [6, 6.07) is 22.4. The van der Waals surface area contributed by atoms with Crippen LogP contribution in [-0.2, 0) is 6.42 Å². The van der Waals surface area contributed by atoms with E-state index in [0.29, 0.717) is 23.8 Å². The Labute approximate surface area is 183 Å². The predicted octanol–water partition coefficient (Wildman–Crippen LogP) is 3.72. The van der Waals surface area contributed by atoms with Crippen LogP contribution in [0.4, 0.5) is 0 Å². The second-order valence-electron chi connectivity index (χ2n) is 7.22. The van der Waals surface area contributed by atoms with E-state index in [1.165, 1.54) is 5.56 Å². The average Bonchev–Trinajstić information content (AvgIpc) is 2.81. The van der Waals surface area contributed by atoms with E-state index in [9.17, 15) is 10.2 Å². The van der Waals surface area contributed by atoms with E-state index in [4.69, 9.17) is 14.2 Å². The van der Waals surface area contributed by atoms with Gasteiger partial charge in [-0.3, -0.25) is 0 Å². The molecule has 3 N–H and O–H groups in total. The van der Waals surface area contributed by atoms with Crippen molar-refractivity contribution in [1.82, 2.24) is 5.32 Å². The van der Waals surface area contributed by atoms with Crippen LogP contribution in [0, 0.1) is 0 Å². The summed E-state index contributed by atoms with van der Waals surface area (Å²) >= 11 is 0. The standard InChI is InChI=1S/C25H29NO5/c1-29-24-13-8-19(15-25(24)30-2)23(14-18-6-4-3-5-7-18)26-16-21(28)17-31-22-11-9-20(27)10-12-22/h3-13,15,21,23,26-28H,14,16-17H2,1-2H3/t21-,23?/m0/s1. The van der Waals surface area contributed by atoms with Crippen molar-refractivity contribution in [3.05, 3.63) is 83.9 Å². The van der Waals surface area contributed by atoms with E-state index >= 15 is 0 Å². The molecule has 0 radical (unpaired) electrons. The molecule has 0 aliphatic carbocycles. The fourth-order valence-electron chi connectivity index (χ4n) is 3.30. The highest BCUT2D eigenvalue weighted by molar-refractivity contribution is 5.44. The summed E-state index contributed by atoms with van der Waals surface area (Å²) in [6.07, 6.45) is 0.0502. The molecule has 3 aromatic carbocycles. The summed E-state index contributed by atoms with van der Waals surface area (Å²) in [4.78, 5) is 0. The SMILES string of the molecule is COc1ccc(C(Cc2ccccc2)NC[C@H](O)COc2ccc(O)cc2)cc1OC. The van der Waals surface area contributed by atoms with Gasteiger partial charge in [0.2, 0.25) is 0 Å². The Kier molecular flexibility index (Phi) is 8.15. The molecule has 0 aliphatic rings. The van der Waals surface area contributed by atoms with Crippen molar-refractivity contribution in [2.45, 2.75) is 18.6 Å². The molecule has 3 aromatic rings. The molecule has 164 valence electrons. The van der Waals surface area contributed by atoms with E-state index in [-0.39, 0.29) is 18.4 Å². The molecule has 0 bridgehead atoms. The third kappa shape index (κ3) is 6.64.